The van der Waals surface area contributed by atoms with Gasteiger partial charge in [-0.15, -0.1) is 0 Å². The van der Waals surface area contributed by atoms with Crippen molar-refractivity contribution in [3.63, 3.8) is 0 Å². The van der Waals surface area contributed by atoms with Gasteiger partial charge in [-0.25, -0.2) is 0 Å². The van der Waals surface area contributed by atoms with E-state index in [1.165, 1.54) is 0 Å². The average Bonchev–Trinajstić information content (AvgIpc) is 2.75. The second-order valence-corrected chi connectivity index (χ2v) is 4.83. The highest BCUT2D eigenvalue weighted by Gasteiger charge is 2.12. The van der Waals surface area contributed by atoms with Crippen LogP contribution < -0.4 is 10.5 Å². The van der Waals surface area contributed by atoms with E-state index in [-0.39, 0.29) is 12.6 Å². The Labute approximate surface area is 116 Å². The lowest BCUT2D eigenvalue weighted by Crippen LogP contribution is -2.18. The quantitative estimate of drug-likeness (QED) is 0.911. The third kappa shape index (κ3) is 3.68. The topological polar surface area (TPSA) is 74.2 Å². The Bertz CT molecular complexity index is 555. The third-order valence-corrected chi connectivity index (χ3v) is 2.88. The molecular formula is C13H16ClN3O2. The summed E-state index contributed by atoms with van der Waals surface area (Å²) in [6, 6.07) is 5.52. The van der Waals surface area contributed by atoms with E-state index in [1.807, 2.05) is 25.1 Å². The summed E-state index contributed by atoms with van der Waals surface area (Å²) in [6.45, 7) is 3.90. The first-order chi connectivity index (χ1) is 9.06. The Kier molecular flexibility index (Phi) is 4.39. The molecule has 0 saturated heterocycles. The molecular weight excluding hydrogens is 266 g/mol. The Hall–Kier alpha value is -1.59. The van der Waals surface area contributed by atoms with Crippen LogP contribution in [0.5, 0.6) is 5.75 Å². The highest BCUT2D eigenvalue weighted by molar-refractivity contribution is 6.31. The summed E-state index contributed by atoms with van der Waals surface area (Å²) >= 11 is 6.17. The van der Waals surface area contributed by atoms with E-state index in [4.69, 9.17) is 26.6 Å². The van der Waals surface area contributed by atoms with Crippen LogP contribution in [0.15, 0.2) is 22.7 Å². The SMILES string of the molecule is Cc1noc(COc2cccc(Cl)c2CC(C)N)n1. The fourth-order valence-corrected chi connectivity index (χ4v) is 1.98. The van der Waals surface area contributed by atoms with Crippen molar-refractivity contribution < 1.29 is 9.26 Å². The van der Waals surface area contributed by atoms with Gasteiger partial charge in [0.05, 0.1) is 0 Å². The molecule has 102 valence electrons. The monoisotopic (exact) mass is 281 g/mol. The van der Waals surface area contributed by atoms with Crippen LogP contribution in [0.25, 0.3) is 0 Å². The summed E-state index contributed by atoms with van der Waals surface area (Å²) < 4.78 is 10.7. The molecule has 19 heavy (non-hydrogen) atoms. The summed E-state index contributed by atoms with van der Waals surface area (Å²) in [7, 11) is 0. The molecule has 6 heteroatoms. The molecule has 2 rings (SSSR count). The van der Waals surface area contributed by atoms with Gasteiger partial charge in [-0.05, 0) is 32.4 Å². The van der Waals surface area contributed by atoms with Crippen LogP contribution in [0.2, 0.25) is 5.02 Å². The molecule has 0 aliphatic heterocycles. The maximum atomic E-state index is 6.17. The Balaban J connectivity index is 2.13. The molecule has 0 aliphatic carbocycles. The van der Waals surface area contributed by atoms with Crippen LogP contribution in [0, 0.1) is 6.92 Å². The van der Waals surface area contributed by atoms with Crippen LogP contribution >= 0.6 is 11.6 Å². The minimum absolute atomic E-state index is 0.00731. The fourth-order valence-electron chi connectivity index (χ4n) is 1.73. The van der Waals surface area contributed by atoms with Crippen LogP contribution in [0.3, 0.4) is 0 Å². The van der Waals surface area contributed by atoms with Crippen molar-refractivity contribution in [3.05, 3.63) is 40.5 Å². The first-order valence-electron chi connectivity index (χ1n) is 6.01. The molecule has 1 atom stereocenters. The van der Waals surface area contributed by atoms with Crippen LogP contribution in [0.1, 0.15) is 24.2 Å². The highest BCUT2D eigenvalue weighted by atomic mass is 35.5. The Morgan fingerprint density at radius 1 is 1.47 bits per heavy atom. The molecule has 2 aromatic rings. The molecule has 5 nitrogen and oxygen atoms in total. The minimum atomic E-state index is 0.00731. The van der Waals surface area contributed by atoms with Gasteiger partial charge in [-0.3, -0.25) is 0 Å². The van der Waals surface area contributed by atoms with Crippen LogP contribution in [-0.4, -0.2) is 16.2 Å². The van der Waals surface area contributed by atoms with E-state index in [9.17, 15) is 0 Å². The van der Waals surface area contributed by atoms with E-state index >= 15 is 0 Å². The van der Waals surface area contributed by atoms with E-state index < -0.39 is 0 Å². The number of aromatic nitrogens is 2. The van der Waals surface area contributed by atoms with E-state index in [0.717, 1.165) is 5.56 Å². The van der Waals surface area contributed by atoms with Crippen molar-refractivity contribution in [2.45, 2.75) is 32.9 Å². The highest BCUT2D eigenvalue weighted by Crippen LogP contribution is 2.28. The minimum Gasteiger partial charge on any atom is -0.483 e. The summed E-state index contributed by atoms with van der Waals surface area (Å²) in [6.07, 6.45) is 0.651. The van der Waals surface area contributed by atoms with Crippen molar-refractivity contribution in [2.24, 2.45) is 5.73 Å². The lowest BCUT2D eigenvalue weighted by Gasteiger charge is -2.13. The summed E-state index contributed by atoms with van der Waals surface area (Å²) in [5, 5.41) is 4.35. The largest absolute Gasteiger partial charge is 0.483 e. The predicted molar refractivity (Wildman–Crippen MR) is 72.2 cm³/mol. The van der Waals surface area contributed by atoms with Gasteiger partial charge in [0.15, 0.2) is 12.4 Å². The molecule has 0 fully saturated rings. The number of aryl methyl sites for hydroxylation is 1. The van der Waals surface area contributed by atoms with Gasteiger partial charge in [0.1, 0.15) is 5.75 Å². The Morgan fingerprint density at radius 3 is 2.89 bits per heavy atom. The van der Waals surface area contributed by atoms with Crippen molar-refractivity contribution in [2.75, 3.05) is 0 Å². The summed E-state index contributed by atoms with van der Waals surface area (Å²) in [5.41, 5.74) is 6.72. The number of ether oxygens (including phenoxy) is 1. The van der Waals surface area contributed by atoms with E-state index in [1.54, 1.807) is 6.92 Å². The first-order valence-corrected chi connectivity index (χ1v) is 6.39. The van der Waals surface area contributed by atoms with Gasteiger partial charge in [0.25, 0.3) is 5.89 Å². The van der Waals surface area contributed by atoms with Crippen molar-refractivity contribution >= 4 is 11.6 Å². The first kappa shape index (κ1) is 13.8. The molecule has 0 aliphatic rings. The van der Waals surface area contributed by atoms with Gasteiger partial charge in [0.2, 0.25) is 0 Å². The molecule has 1 heterocycles. The number of rotatable bonds is 5. The lowest BCUT2D eigenvalue weighted by molar-refractivity contribution is 0.240. The zero-order chi connectivity index (χ0) is 13.8. The molecule has 0 radical (unpaired) electrons. The van der Waals surface area contributed by atoms with Gasteiger partial charge >= 0.3 is 0 Å². The average molecular weight is 282 g/mol. The number of hydrogen-bond donors (Lipinski definition) is 1. The smallest absolute Gasteiger partial charge is 0.264 e. The Morgan fingerprint density at radius 2 is 2.26 bits per heavy atom. The summed E-state index contributed by atoms with van der Waals surface area (Å²) in [4.78, 5) is 4.08. The molecule has 0 spiro atoms. The van der Waals surface area contributed by atoms with Crippen molar-refractivity contribution in [3.8, 4) is 5.75 Å². The number of nitrogens with zero attached hydrogens (tertiary/aromatic N) is 2. The van der Waals surface area contributed by atoms with Gasteiger partial charge in [-0.2, -0.15) is 4.98 Å². The molecule has 0 bridgehead atoms. The fraction of sp³-hybridized carbons (Fsp3) is 0.385. The van der Waals surface area contributed by atoms with Gasteiger partial charge in [0, 0.05) is 16.6 Å². The molecule has 1 aromatic heterocycles. The summed E-state index contributed by atoms with van der Waals surface area (Å²) in [5.74, 6) is 1.71. The second-order valence-electron chi connectivity index (χ2n) is 4.42. The molecule has 2 N–H and O–H groups in total. The number of nitrogens with two attached hydrogens (primary N) is 1. The standard InChI is InChI=1S/C13H16ClN3O2/c1-8(15)6-10-11(14)4-3-5-12(10)18-7-13-16-9(2)17-19-13/h3-5,8H,6-7,15H2,1-2H3. The number of halogens is 1. The van der Waals surface area contributed by atoms with E-state index in [0.29, 0.717) is 28.9 Å². The van der Waals surface area contributed by atoms with Crippen molar-refractivity contribution in [1.29, 1.82) is 0 Å². The maximum absolute atomic E-state index is 6.17. The van der Waals surface area contributed by atoms with Gasteiger partial charge in [-0.1, -0.05) is 22.8 Å². The number of hydrogen-bond acceptors (Lipinski definition) is 5. The van der Waals surface area contributed by atoms with Crippen LogP contribution in [0.4, 0.5) is 0 Å². The maximum Gasteiger partial charge on any atom is 0.264 e. The molecule has 0 saturated carbocycles. The van der Waals surface area contributed by atoms with Crippen LogP contribution in [-0.2, 0) is 13.0 Å². The zero-order valence-electron chi connectivity index (χ0n) is 10.9. The predicted octanol–water partition coefficient (Wildman–Crippen LogP) is 2.50. The normalized spacial score (nSPS) is 12.4. The molecule has 1 unspecified atom stereocenters. The van der Waals surface area contributed by atoms with E-state index in [2.05, 4.69) is 10.1 Å². The van der Waals surface area contributed by atoms with Gasteiger partial charge < -0.3 is 15.0 Å². The van der Waals surface area contributed by atoms with Crippen molar-refractivity contribution in [1.82, 2.24) is 10.1 Å². The third-order valence-electron chi connectivity index (χ3n) is 2.52. The zero-order valence-corrected chi connectivity index (χ0v) is 11.6. The molecule has 1 aromatic carbocycles. The number of benzene rings is 1. The second kappa shape index (κ2) is 6.04. The molecule has 0 amide bonds. The lowest BCUT2D eigenvalue weighted by atomic mass is 10.1.